The van der Waals surface area contributed by atoms with Crippen molar-refractivity contribution < 1.29 is 4.79 Å². The average Bonchev–Trinajstić information content (AvgIpc) is 2.29. The number of carbonyl (C=O) groups excluding carboxylic acids is 1. The van der Waals surface area contributed by atoms with Gasteiger partial charge in [0.25, 0.3) is 0 Å². The van der Waals surface area contributed by atoms with Gasteiger partial charge < -0.3 is 11.1 Å². The fourth-order valence-corrected chi connectivity index (χ4v) is 2.31. The van der Waals surface area contributed by atoms with E-state index in [1.54, 1.807) is 0 Å². The van der Waals surface area contributed by atoms with Gasteiger partial charge >= 0.3 is 0 Å². The number of nitrogens with one attached hydrogen (secondary N) is 1. The summed E-state index contributed by atoms with van der Waals surface area (Å²) in [5, 5.41) is 3.06. The van der Waals surface area contributed by atoms with Crippen LogP contribution in [0.1, 0.15) is 40.5 Å². The predicted octanol–water partition coefficient (Wildman–Crippen LogP) is 1.63. The van der Waals surface area contributed by atoms with E-state index in [-0.39, 0.29) is 30.4 Å². The van der Waals surface area contributed by atoms with Gasteiger partial charge in [0.1, 0.15) is 0 Å². The zero-order valence-electron chi connectivity index (χ0n) is 12.7. The molecule has 0 saturated carbocycles. The number of likely N-dealkylation sites (tertiary alicyclic amines) is 1. The summed E-state index contributed by atoms with van der Waals surface area (Å²) in [6, 6.07) is 0.529. The molecule has 0 spiro atoms. The van der Waals surface area contributed by atoms with Crippen LogP contribution in [-0.2, 0) is 4.79 Å². The van der Waals surface area contributed by atoms with Gasteiger partial charge in [0.2, 0.25) is 5.91 Å². The minimum atomic E-state index is 0. The number of piperidine rings is 1. The maximum absolute atomic E-state index is 11.9. The van der Waals surface area contributed by atoms with Crippen molar-refractivity contribution in [2.75, 3.05) is 19.6 Å². The first-order chi connectivity index (χ1) is 8.40. The van der Waals surface area contributed by atoms with Crippen LogP contribution in [0, 0.1) is 11.8 Å². The molecule has 0 bridgehead atoms. The molecule has 0 aliphatic carbocycles. The van der Waals surface area contributed by atoms with E-state index < -0.39 is 0 Å². The lowest BCUT2D eigenvalue weighted by molar-refractivity contribution is -0.123. The number of amides is 1. The summed E-state index contributed by atoms with van der Waals surface area (Å²) in [4.78, 5) is 14.1. The molecule has 114 valence electrons. The first-order valence-corrected chi connectivity index (χ1v) is 7.17. The molecule has 0 aromatic heterocycles. The highest BCUT2D eigenvalue weighted by atomic mass is 35.5. The molecule has 0 aromatic carbocycles. The van der Waals surface area contributed by atoms with E-state index in [2.05, 4.69) is 37.9 Å². The minimum Gasteiger partial charge on any atom is -0.352 e. The van der Waals surface area contributed by atoms with Crippen molar-refractivity contribution in [3.8, 4) is 0 Å². The summed E-state index contributed by atoms with van der Waals surface area (Å²) in [7, 11) is 0. The molecule has 1 heterocycles. The molecule has 1 aliphatic heterocycles. The Labute approximate surface area is 123 Å². The molecular weight excluding hydrogens is 262 g/mol. The first-order valence-electron chi connectivity index (χ1n) is 7.17. The first kappa shape index (κ1) is 18.7. The van der Waals surface area contributed by atoms with Crippen LogP contribution in [0.15, 0.2) is 0 Å². The molecule has 1 fully saturated rings. The summed E-state index contributed by atoms with van der Waals surface area (Å²) in [6.07, 6.45) is 2.23. The molecule has 2 unspecified atom stereocenters. The summed E-state index contributed by atoms with van der Waals surface area (Å²) in [6.45, 7) is 10.9. The molecule has 0 radical (unpaired) electrons. The zero-order chi connectivity index (χ0) is 13.7. The number of hydrogen-bond donors (Lipinski definition) is 2. The third-order valence-corrected chi connectivity index (χ3v) is 4.13. The minimum absolute atomic E-state index is 0. The number of nitrogens with two attached hydrogens (primary N) is 1. The summed E-state index contributed by atoms with van der Waals surface area (Å²) in [5.41, 5.74) is 5.92. The van der Waals surface area contributed by atoms with Crippen molar-refractivity contribution in [2.45, 2.75) is 52.6 Å². The lowest BCUT2D eigenvalue weighted by Gasteiger charge is -2.33. The predicted molar refractivity (Wildman–Crippen MR) is 82.5 cm³/mol. The lowest BCUT2D eigenvalue weighted by Crippen LogP contribution is -2.46. The Morgan fingerprint density at radius 3 is 2.21 bits per heavy atom. The molecule has 19 heavy (non-hydrogen) atoms. The lowest BCUT2D eigenvalue weighted by atomic mass is 9.91. The van der Waals surface area contributed by atoms with Crippen LogP contribution in [0.5, 0.6) is 0 Å². The zero-order valence-corrected chi connectivity index (χ0v) is 13.5. The van der Waals surface area contributed by atoms with E-state index in [0.717, 1.165) is 25.9 Å². The molecule has 5 heteroatoms. The Balaban J connectivity index is 0.00000324. The molecule has 1 amide bonds. The quantitative estimate of drug-likeness (QED) is 0.809. The number of halogens is 1. The third kappa shape index (κ3) is 6.59. The molecule has 1 rings (SSSR count). The van der Waals surface area contributed by atoms with Crippen LogP contribution < -0.4 is 11.1 Å². The molecule has 4 nitrogen and oxygen atoms in total. The summed E-state index contributed by atoms with van der Waals surface area (Å²) < 4.78 is 0. The Kier molecular flexibility index (Phi) is 8.62. The van der Waals surface area contributed by atoms with Gasteiger partial charge in [-0.3, -0.25) is 9.69 Å². The van der Waals surface area contributed by atoms with E-state index in [9.17, 15) is 4.79 Å². The van der Waals surface area contributed by atoms with Gasteiger partial charge in [-0.1, -0.05) is 13.8 Å². The normalized spacial score (nSPS) is 20.7. The molecule has 1 saturated heterocycles. The average molecular weight is 292 g/mol. The second kappa shape index (κ2) is 8.77. The molecule has 3 N–H and O–H groups in total. The molecule has 2 atom stereocenters. The molecule has 1 aliphatic rings. The monoisotopic (exact) mass is 291 g/mol. The standard InChI is InChI=1S/C14H29N3O.ClH/c1-10(2)12(4)16-14(18)9-17-7-5-13(6-8-17)11(3)15;/h10-13H,5-9,15H2,1-4H3,(H,16,18);1H. The van der Waals surface area contributed by atoms with Gasteiger partial charge in [-0.05, 0) is 51.6 Å². The number of rotatable bonds is 5. The van der Waals surface area contributed by atoms with E-state index in [1.165, 1.54) is 0 Å². The van der Waals surface area contributed by atoms with E-state index in [0.29, 0.717) is 18.4 Å². The Morgan fingerprint density at radius 1 is 1.26 bits per heavy atom. The van der Waals surface area contributed by atoms with Gasteiger partial charge in [-0.15, -0.1) is 12.4 Å². The Bertz CT molecular complexity index is 263. The number of nitrogens with zero attached hydrogens (tertiary/aromatic N) is 1. The highest BCUT2D eigenvalue weighted by Gasteiger charge is 2.23. The van der Waals surface area contributed by atoms with E-state index in [4.69, 9.17) is 5.73 Å². The van der Waals surface area contributed by atoms with Crippen molar-refractivity contribution in [2.24, 2.45) is 17.6 Å². The van der Waals surface area contributed by atoms with Gasteiger partial charge in [0.05, 0.1) is 6.54 Å². The fraction of sp³-hybridized carbons (Fsp3) is 0.929. The van der Waals surface area contributed by atoms with Gasteiger partial charge in [0, 0.05) is 12.1 Å². The van der Waals surface area contributed by atoms with Crippen molar-refractivity contribution in [1.82, 2.24) is 10.2 Å². The smallest absolute Gasteiger partial charge is 0.234 e. The fourth-order valence-electron chi connectivity index (χ4n) is 2.31. The second-order valence-electron chi connectivity index (χ2n) is 6.07. The SMILES string of the molecule is CC(C)C(C)NC(=O)CN1CCC(C(C)N)CC1.Cl. The van der Waals surface area contributed by atoms with Crippen LogP contribution in [-0.4, -0.2) is 42.5 Å². The van der Waals surface area contributed by atoms with Crippen LogP contribution >= 0.6 is 12.4 Å². The van der Waals surface area contributed by atoms with Gasteiger partial charge in [-0.2, -0.15) is 0 Å². The van der Waals surface area contributed by atoms with E-state index >= 15 is 0 Å². The molecular formula is C14H30ClN3O. The van der Waals surface area contributed by atoms with Crippen LogP contribution in [0.25, 0.3) is 0 Å². The largest absolute Gasteiger partial charge is 0.352 e. The topological polar surface area (TPSA) is 58.4 Å². The third-order valence-electron chi connectivity index (χ3n) is 4.13. The van der Waals surface area contributed by atoms with Gasteiger partial charge in [-0.25, -0.2) is 0 Å². The second-order valence-corrected chi connectivity index (χ2v) is 6.07. The highest BCUT2D eigenvalue weighted by Crippen LogP contribution is 2.19. The van der Waals surface area contributed by atoms with Gasteiger partial charge in [0.15, 0.2) is 0 Å². The number of carbonyl (C=O) groups is 1. The van der Waals surface area contributed by atoms with Crippen molar-refractivity contribution in [3.63, 3.8) is 0 Å². The molecule has 0 aromatic rings. The van der Waals surface area contributed by atoms with Crippen LogP contribution in [0.3, 0.4) is 0 Å². The summed E-state index contributed by atoms with van der Waals surface area (Å²) in [5.74, 6) is 1.26. The van der Waals surface area contributed by atoms with Crippen molar-refractivity contribution >= 4 is 18.3 Å². The van der Waals surface area contributed by atoms with Crippen molar-refractivity contribution in [3.05, 3.63) is 0 Å². The Hall–Kier alpha value is -0.320. The van der Waals surface area contributed by atoms with E-state index in [1.807, 2.05) is 0 Å². The maximum atomic E-state index is 11.9. The highest BCUT2D eigenvalue weighted by molar-refractivity contribution is 5.85. The maximum Gasteiger partial charge on any atom is 0.234 e. The number of hydrogen-bond acceptors (Lipinski definition) is 3. The Morgan fingerprint density at radius 2 is 1.79 bits per heavy atom. The summed E-state index contributed by atoms with van der Waals surface area (Å²) >= 11 is 0. The van der Waals surface area contributed by atoms with Crippen molar-refractivity contribution in [1.29, 1.82) is 0 Å². The van der Waals surface area contributed by atoms with Crippen LogP contribution in [0.2, 0.25) is 0 Å². The van der Waals surface area contributed by atoms with Crippen LogP contribution in [0.4, 0.5) is 0 Å².